The maximum atomic E-state index is 13.2. The van der Waals surface area contributed by atoms with Crippen LogP contribution < -0.4 is 5.32 Å². The first-order valence-electron chi connectivity index (χ1n) is 9.57. The monoisotopic (exact) mass is 360 g/mol. The van der Waals surface area contributed by atoms with Crippen LogP contribution in [0.1, 0.15) is 18.4 Å². The van der Waals surface area contributed by atoms with E-state index in [1.165, 1.54) is 0 Å². The molecule has 1 saturated heterocycles. The fraction of sp³-hybridized carbons (Fsp3) is 0.304. The Labute approximate surface area is 159 Å². The van der Waals surface area contributed by atoms with E-state index in [0.29, 0.717) is 13.0 Å². The van der Waals surface area contributed by atoms with Gasteiger partial charge < -0.3 is 10.2 Å². The van der Waals surface area contributed by atoms with Crippen molar-refractivity contribution in [3.8, 4) is 0 Å². The van der Waals surface area contributed by atoms with E-state index in [1.807, 2.05) is 65.6 Å². The van der Waals surface area contributed by atoms with E-state index in [1.54, 1.807) is 0 Å². The van der Waals surface area contributed by atoms with Crippen molar-refractivity contribution in [2.75, 3.05) is 11.9 Å². The van der Waals surface area contributed by atoms with Crippen molar-refractivity contribution in [1.29, 1.82) is 0 Å². The number of anilines is 1. The number of fused-ring (bicyclic) bond motifs is 1. The molecule has 0 saturated carbocycles. The number of carbonyl (C=O) groups excluding carboxylic acids is 2. The molecule has 27 heavy (non-hydrogen) atoms. The van der Waals surface area contributed by atoms with Crippen molar-refractivity contribution in [2.45, 2.75) is 19.4 Å². The summed E-state index contributed by atoms with van der Waals surface area (Å²) in [6.07, 6.45) is 5.73. The third-order valence-electron chi connectivity index (χ3n) is 5.59. The highest BCUT2D eigenvalue weighted by Gasteiger charge is 2.44. The van der Waals surface area contributed by atoms with Crippen LogP contribution in [0, 0.1) is 17.8 Å². The standard InChI is InChI=1S/C23H24N2O2/c26-22(24-19-11-5-2-6-12-19)20-13-7-10-18-14-15-25(23(27)21(18)20)16-17-8-3-1-4-9-17/h1-12,18,20-21H,13-16H2,(H,24,26)/t18-,20-,21+/m1/s1. The average molecular weight is 360 g/mol. The third kappa shape index (κ3) is 3.80. The van der Waals surface area contributed by atoms with Crippen molar-refractivity contribution in [3.05, 3.63) is 78.4 Å². The van der Waals surface area contributed by atoms with Crippen molar-refractivity contribution < 1.29 is 9.59 Å². The molecule has 2 amide bonds. The van der Waals surface area contributed by atoms with Crippen molar-refractivity contribution in [2.24, 2.45) is 17.8 Å². The SMILES string of the molecule is O=C(Nc1ccccc1)[C@@H]1CC=C[C@@H]2CCN(Cc3ccccc3)C(=O)[C@@H]21. The molecule has 1 aliphatic carbocycles. The lowest BCUT2D eigenvalue weighted by molar-refractivity contribution is -0.147. The Morgan fingerprint density at radius 1 is 1.04 bits per heavy atom. The molecule has 4 heteroatoms. The number of hydrogen-bond donors (Lipinski definition) is 1. The van der Waals surface area contributed by atoms with Crippen LogP contribution in [0.25, 0.3) is 0 Å². The van der Waals surface area contributed by atoms with E-state index in [2.05, 4.69) is 17.5 Å². The zero-order valence-electron chi connectivity index (χ0n) is 15.3. The van der Waals surface area contributed by atoms with Gasteiger partial charge in [0.2, 0.25) is 11.8 Å². The van der Waals surface area contributed by atoms with Crippen LogP contribution in [0.15, 0.2) is 72.8 Å². The summed E-state index contributed by atoms with van der Waals surface area (Å²) in [5.41, 5.74) is 1.90. The summed E-state index contributed by atoms with van der Waals surface area (Å²) in [4.78, 5) is 28.1. The summed E-state index contributed by atoms with van der Waals surface area (Å²) in [5.74, 6) is -0.379. The Morgan fingerprint density at radius 2 is 1.74 bits per heavy atom. The number of likely N-dealkylation sites (tertiary alicyclic amines) is 1. The van der Waals surface area contributed by atoms with Gasteiger partial charge in [-0.2, -0.15) is 0 Å². The molecule has 4 nitrogen and oxygen atoms in total. The quantitative estimate of drug-likeness (QED) is 0.842. The molecule has 2 aromatic carbocycles. The molecule has 1 aliphatic heterocycles. The topological polar surface area (TPSA) is 49.4 Å². The van der Waals surface area contributed by atoms with Gasteiger partial charge in [0.15, 0.2) is 0 Å². The van der Waals surface area contributed by atoms with Crippen molar-refractivity contribution >= 4 is 17.5 Å². The Hall–Kier alpha value is -2.88. The predicted molar refractivity (Wildman–Crippen MR) is 106 cm³/mol. The summed E-state index contributed by atoms with van der Waals surface area (Å²) >= 11 is 0. The first-order chi connectivity index (χ1) is 13.2. The highest BCUT2D eigenvalue weighted by Crippen LogP contribution is 2.38. The highest BCUT2D eigenvalue weighted by molar-refractivity contribution is 5.96. The molecule has 2 aliphatic rings. The molecular formula is C23H24N2O2. The molecule has 0 radical (unpaired) electrons. The summed E-state index contributed by atoms with van der Waals surface area (Å²) in [5, 5.41) is 2.99. The minimum Gasteiger partial charge on any atom is -0.338 e. The second-order valence-electron chi connectivity index (χ2n) is 7.35. The number of hydrogen-bond acceptors (Lipinski definition) is 2. The van der Waals surface area contributed by atoms with Crippen LogP contribution in [0.3, 0.4) is 0 Å². The van der Waals surface area contributed by atoms with E-state index in [9.17, 15) is 9.59 Å². The molecule has 0 spiro atoms. The lowest BCUT2D eigenvalue weighted by Gasteiger charge is -2.41. The number of allylic oxidation sites excluding steroid dienone is 2. The molecule has 1 fully saturated rings. The van der Waals surface area contributed by atoms with Crippen LogP contribution in [0.2, 0.25) is 0 Å². The summed E-state index contributed by atoms with van der Waals surface area (Å²) < 4.78 is 0. The molecule has 1 N–H and O–H groups in total. The Kier molecular flexibility index (Phi) is 5.05. The molecule has 4 rings (SSSR count). The molecule has 0 bridgehead atoms. The van der Waals surface area contributed by atoms with E-state index in [4.69, 9.17) is 0 Å². The van der Waals surface area contributed by atoms with Gasteiger partial charge in [-0.05, 0) is 36.5 Å². The van der Waals surface area contributed by atoms with E-state index in [-0.39, 0.29) is 29.6 Å². The Bertz CT molecular complexity index is 832. The van der Waals surface area contributed by atoms with Gasteiger partial charge in [-0.1, -0.05) is 60.7 Å². The van der Waals surface area contributed by atoms with Crippen LogP contribution in [-0.4, -0.2) is 23.3 Å². The van der Waals surface area contributed by atoms with Crippen molar-refractivity contribution in [1.82, 2.24) is 4.90 Å². The molecule has 138 valence electrons. The fourth-order valence-corrected chi connectivity index (χ4v) is 4.21. The van der Waals surface area contributed by atoms with Crippen LogP contribution >= 0.6 is 0 Å². The number of rotatable bonds is 4. The molecule has 3 atom stereocenters. The summed E-state index contributed by atoms with van der Waals surface area (Å²) in [7, 11) is 0. The number of benzene rings is 2. The highest BCUT2D eigenvalue weighted by atomic mass is 16.2. The van der Waals surface area contributed by atoms with Gasteiger partial charge in [-0.25, -0.2) is 0 Å². The molecular weight excluding hydrogens is 336 g/mol. The van der Waals surface area contributed by atoms with Crippen LogP contribution in [0.4, 0.5) is 5.69 Å². The maximum Gasteiger partial charge on any atom is 0.228 e. The number of para-hydroxylation sites is 1. The molecule has 2 aromatic rings. The maximum absolute atomic E-state index is 13.2. The van der Waals surface area contributed by atoms with E-state index < -0.39 is 0 Å². The molecule has 1 heterocycles. The minimum absolute atomic E-state index is 0.0598. The Morgan fingerprint density at radius 3 is 2.48 bits per heavy atom. The summed E-state index contributed by atoms with van der Waals surface area (Å²) in [6, 6.07) is 19.5. The van der Waals surface area contributed by atoms with Crippen molar-refractivity contribution in [3.63, 3.8) is 0 Å². The van der Waals surface area contributed by atoms with Gasteiger partial charge in [0.05, 0.1) is 11.8 Å². The van der Waals surface area contributed by atoms with E-state index in [0.717, 1.165) is 24.2 Å². The van der Waals surface area contributed by atoms with Gasteiger partial charge in [0, 0.05) is 18.8 Å². The van der Waals surface area contributed by atoms with Gasteiger partial charge in [0.25, 0.3) is 0 Å². The first-order valence-corrected chi connectivity index (χ1v) is 9.57. The fourth-order valence-electron chi connectivity index (χ4n) is 4.21. The predicted octanol–water partition coefficient (Wildman–Crippen LogP) is 3.87. The second kappa shape index (κ2) is 7.78. The lowest BCUT2D eigenvalue weighted by atomic mass is 9.71. The molecule has 0 aromatic heterocycles. The van der Waals surface area contributed by atoms with E-state index >= 15 is 0 Å². The Balaban J connectivity index is 1.51. The smallest absolute Gasteiger partial charge is 0.228 e. The number of nitrogens with one attached hydrogen (secondary N) is 1. The van der Waals surface area contributed by atoms with Gasteiger partial charge >= 0.3 is 0 Å². The number of nitrogens with zero attached hydrogens (tertiary/aromatic N) is 1. The van der Waals surface area contributed by atoms with Gasteiger partial charge in [-0.3, -0.25) is 9.59 Å². The average Bonchev–Trinajstić information content (AvgIpc) is 2.71. The van der Waals surface area contributed by atoms with Gasteiger partial charge in [-0.15, -0.1) is 0 Å². The lowest BCUT2D eigenvalue weighted by Crippen LogP contribution is -2.50. The second-order valence-corrected chi connectivity index (χ2v) is 7.35. The first kappa shape index (κ1) is 17.5. The normalized spacial score (nSPS) is 24.4. The minimum atomic E-state index is -0.314. The van der Waals surface area contributed by atoms with Crippen LogP contribution in [-0.2, 0) is 16.1 Å². The zero-order valence-corrected chi connectivity index (χ0v) is 15.3. The zero-order chi connectivity index (χ0) is 18.6. The number of amides is 2. The van der Waals surface area contributed by atoms with Crippen LogP contribution in [0.5, 0.6) is 0 Å². The molecule has 0 unspecified atom stereocenters. The number of carbonyl (C=O) groups is 2. The largest absolute Gasteiger partial charge is 0.338 e. The summed E-state index contributed by atoms with van der Waals surface area (Å²) in [6.45, 7) is 1.35. The number of piperidine rings is 1. The third-order valence-corrected chi connectivity index (χ3v) is 5.59. The van der Waals surface area contributed by atoms with Gasteiger partial charge in [0.1, 0.15) is 0 Å².